The van der Waals surface area contributed by atoms with E-state index in [-0.39, 0.29) is 0 Å². The van der Waals surface area contributed by atoms with Gasteiger partial charge in [0.15, 0.2) is 0 Å². The van der Waals surface area contributed by atoms with Gasteiger partial charge in [0.05, 0.1) is 17.4 Å². The number of hydrogen-bond donors (Lipinski definition) is 0. The maximum Gasteiger partial charge on any atom is 0.121 e. The fraction of sp³-hybridized carbons (Fsp3) is 0.625. The number of aromatic nitrogens is 3. The van der Waals surface area contributed by atoms with Gasteiger partial charge < -0.3 is 4.42 Å². The number of nitrogens with zero attached hydrogens (tertiary/aromatic N) is 4. The molecule has 0 radical (unpaired) electrons. The summed E-state index contributed by atoms with van der Waals surface area (Å²) >= 11 is 0. The van der Waals surface area contributed by atoms with E-state index in [0.717, 1.165) is 43.3 Å². The molecule has 5 heteroatoms. The minimum Gasteiger partial charge on any atom is -0.464 e. The van der Waals surface area contributed by atoms with Gasteiger partial charge in [-0.1, -0.05) is 12.1 Å². The van der Waals surface area contributed by atoms with E-state index < -0.39 is 0 Å². The van der Waals surface area contributed by atoms with Crippen LogP contribution in [0.2, 0.25) is 0 Å². The van der Waals surface area contributed by atoms with Gasteiger partial charge in [0.1, 0.15) is 11.5 Å². The molecule has 0 aliphatic carbocycles. The lowest BCUT2D eigenvalue weighted by molar-refractivity contribution is 0.212. The Hall–Kier alpha value is -1.62. The topological polar surface area (TPSA) is 47.1 Å². The Morgan fingerprint density at radius 1 is 1.33 bits per heavy atom. The van der Waals surface area contributed by atoms with Gasteiger partial charge in [-0.3, -0.25) is 4.90 Å². The van der Waals surface area contributed by atoms with Crippen LogP contribution < -0.4 is 0 Å². The predicted octanol–water partition coefficient (Wildman–Crippen LogP) is 3.10. The van der Waals surface area contributed by atoms with Crippen LogP contribution in [-0.4, -0.2) is 26.4 Å². The molecule has 0 N–H and O–H groups in total. The van der Waals surface area contributed by atoms with Crippen LogP contribution >= 0.6 is 0 Å². The molecular weight excluding hydrogens is 264 g/mol. The van der Waals surface area contributed by atoms with Gasteiger partial charge in [0, 0.05) is 19.5 Å². The first-order chi connectivity index (χ1) is 10.2. The second kappa shape index (κ2) is 6.02. The second-order valence-electron chi connectivity index (χ2n) is 5.72. The average Bonchev–Trinajstić information content (AvgIpc) is 3.20. The van der Waals surface area contributed by atoms with E-state index >= 15 is 0 Å². The van der Waals surface area contributed by atoms with Crippen LogP contribution in [0.15, 0.2) is 16.5 Å². The number of rotatable bonds is 5. The molecule has 1 fully saturated rings. The lowest BCUT2D eigenvalue weighted by Gasteiger charge is -2.23. The lowest BCUT2D eigenvalue weighted by atomic mass is 10.1. The van der Waals surface area contributed by atoms with Gasteiger partial charge in [-0.2, -0.15) is 0 Å². The zero-order chi connectivity index (χ0) is 14.8. The number of hydrogen-bond acceptors (Lipinski definition) is 4. The zero-order valence-corrected chi connectivity index (χ0v) is 13.2. The first kappa shape index (κ1) is 14.3. The van der Waals surface area contributed by atoms with Crippen LogP contribution in [0.3, 0.4) is 0 Å². The van der Waals surface area contributed by atoms with Crippen LogP contribution in [0.5, 0.6) is 0 Å². The van der Waals surface area contributed by atoms with Crippen molar-refractivity contribution in [1.29, 1.82) is 0 Å². The third-order valence-corrected chi connectivity index (χ3v) is 4.41. The van der Waals surface area contributed by atoms with Crippen molar-refractivity contribution < 1.29 is 4.42 Å². The summed E-state index contributed by atoms with van der Waals surface area (Å²) in [5.41, 5.74) is 2.27. The summed E-state index contributed by atoms with van der Waals surface area (Å²) in [6.45, 7) is 9.17. The van der Waals surface area contributed by atoms with E-state index in [2.05, 4.69) is 41.2 Å². The molecule has 5 nitrogen and oxygen atoms in total. The summed E-state index contributed by atoms with van der Waals surface area (Å²) < 4.78 is 7.98. The highest BCUT2D eigenvalue weighted by molar-refractivity contribution is 5.14. The predicted molar refractivity (Wildman–Crippen MR) is 80.9 cm³/mol. The van der Waals surface area contributed by atoms with Crippen LogP contribution in [0, 0.1) is 6.92 Å². The van der Waals surface area contributed by atoms with Crippen molar-refractivity contribution in [2.45, 2.75) is 59.2 Å². The molecule has 1 aliphatic heterocycles. The third kappa shape index (κ3) is 2.75. The summed E-state index contributed by atoms with van der Waals surface area (Å²) in [5.74, 6) is 2.19. The van der Waals surface area contributed by atoms with Crippen LogP contribution in [-0.2, 0) is 19.5 Å². The van der Waals surface area contributed by atoms with Crippen molar-refractivity contribution in [3.63, 3.8) is 0 Å². The molecular formula is C16H24N4O. The lowest BCUT2D eigenvalue weighted by Crippen LogP contribution is -2.24. The highest BCUT2D eigenvalue weighted by atomic mass is 16.3. The first-order valence-electron chi connectivity index (χ1n) is 7.94. The highest BCUT2D eigenvalue weighted by Crippen LogP contribution is 2.34. The average molecular weight is 288 g/mol. The van der Waals surface area contributed by atoms with Crippen molar-refractivity contribution in [2.24, 2.45) is 0 Å². The fourth-order valence-electron chi connectivity index (χ4n) is 3.16. The molecule has 1 atom stereocenters. The van der Waals surface area contributed by atoms with E-state index in [1.807, 2.05) is 11.6 Å². The van der Waals surface area contributed by atoms with Crippen molar-refractivity contribution in [2.75, 3.05) is 6.54 Å². The molecule has 0 aromatic carbocycles. The van der Waals surface area contributed by atoms with Gasteiger partial charge in [0.2, 0.25) is 0 Å². The first-order valence-corrected chi connectivity index (χ1v) is 7.94. The molecule has 3 rings (SSSR count). The Balaban J connectivity index is 1.79. The normalized spacial score (nSPS) is 19.5. The number of aryl methyl sites for hydroxylation is 3. The second-order valence-corrected chi connectivity index (χ2v) is 5.72. The van der Waals surface area contributed by atoms with E-state index in [1.165, 1.54) is 18.5 Å². The van der Waals surface area contributed by atoms with E-state index in [9.17, 15) is 0 Å². The molecule has 21 heavy (non-hydrogen) atoms. The third-order valence-electron chi connectivity index (χ3n) is 4.41. The maximum absolute atomic E-state index is 5.97. The molecule has 114 valence electrons. The van der Waals surface area contributed by atoms with E-state index in [0.29, 0.717) is 6.04 Å². The van der Waals surface area contributed by atoms with Gasteiger partial charge in [-0.05, 0) is 45.4 Å². The van der Waals surface area contributed by atoms with E-state index in [1.54, 1.807) is 0 Å². The summed E-state index contributed by atoms with van der Waals surface area (Å²) in [5, 5.41) is 8.42. The number of likely N-dealkylation sites (tertiary alicyclic amines) is 1. The maximum atomic E-state index is 5.97. The van der Waals surface area contributed by atoms with Crippen molar-refractivity contribution in [3.05, 3.63) is 35.0 Å². The molecule has 1 aliphatic rings. The van der Waals surface area contributed by atoms with Crippen LogP contribution in [0.1, 0.15) is 55.6 Å². The Morgan fingerprint density at radius 2 is 2.19 bits per heavy atom. The van der Waals surface area contributed by atoms with Gasteiger partial charge in [0.25, 0.3) is 0 Å². The molecule has 0 amide bonds. The summed E-state index contributed by atoms with van der Waals surface area (Å²) in [6, 6.07) is 4.64. The quantitative estimate of drug-likeness (QED) is 0.848. The van der Waals surface area contributed by atoms with Gasteiger partial charge >= 0.3 is 0 Å². The van der Waals surface area contributed by atoms with Crippen molar-refractivity contribution >= 4 is 0 Å². The Morgan fingerprint density at radius 3 is 2.90 bits per heavy atom. The van der Waals surface area contributed by atoms with Crippen LogP contribution in [0.4, 0.5) is 0 Å². The Kier molecular flexibility index (Phi) is 4.10. The minimum absolute atomic E-state index is 0.393. The highest BCUT2D eigenvalue weighted by Gasteiger charge is 2.29. The molecule has 0 bridgehead atoms. The Labute approximate surface area is 125 Å². The molecule has 3 heterocycles. The SMILES string of the molecule is CCc1ccc([C@@H]2CCCN2Cc2c(C)nnn2CC)o1. The van der Waals surface area contributed by atoms with Gasteiger partial charge in [-0.25, -0.2) is 4.68 Å². The van der Waals surface area contributed by atoms with Crippen LogP contribution in [0.25, 0.3) is 0 Å². The molecule has 1 saturated heterocycles. The monoisotopic (exact) mass is 288 g/mol. The molecule has 2 aromatic heterocycles. The molecule has 0 saturated carbocycles. The smallest absolute Gasteiger partial charge is 0.121 e. The largest absolute Gasteiger partial charge is 0.464 e. The summed E-state index contributed by atoms with van der Waals surface area (Å²) in [7, 11) is 0. The Bertz CT molecular complexity index is 601. The van der Waals surface area contributed by atoms with Crippen molar-refractivity contribution in [1.82, 2.24) is 19.9 Å². The number of furan rings is 1. The summed E-state index contributed by atoms with van der Waals surface area (Å²) in [4.78, 5) is 2.50. The summed E-state index contributed by atoms with van der Waals surface area (Å²) in [6.07, 6.45) is 3.35. The molecule has 0 spiro atoms. The van der Waals surface area contributed by atoms with E-state index in [4.69, 9.17) is 4.42 Å². The zero-order valence-electron chi connectivity index (χ0n) is 13.2. The molecule has 2 aromatic rings. The fourth-order valence-corrected chi connectivity index (χ4v) is 3.16. The van der Waals surface area contributed by atoms with Crippen molar-refractivity contribution in [3.8, 4) is 0 Å². The van der Waals surface area contributed by atoms with Gasteiger partial charge in [-0.15, -0.1) is 5.10 Å². The minimum atomic E-state index is 0.393. The standard InChI is InChI=1S/C16H24N4O/c1-4-13-8-9-16(21-13)14-7-6-10-19(14)11-15-12(3)17-18-20(15)5-2/h8-9,14H,4-7,10-11H2,1-3H3/t14-/m0/s1. The molecule has 0 unspecified atom stereocenters.